The molecule has 36 heavy (non-hydrogen) atoms. The van der Waals surface area contributed by atoms with Crippen LogP contribution in [0, 0.1) is 6.92 Å². The van der Waals surface area contributed by atoms with E-state index in [1.807, 2.05) is 30.1 Å². The molecule has 3 aromatic rings. The second kappa shape index (κ2) is 11.0. The van der Waals surface area contributed by atoms with Gasteiger partial charge in [0, 0.05) is 56.5 Å². The van der Waals surface area contributed by atoms with Crippen LogP contribution in [-0.4, -0.2) is 76.7 Å². The fraction of sp³-hybridized carbons (Fsp3) is 0.407. The fourth-order valence-corrected chi connectivity index (χ4v) is 4.74. The summed E-state index contributed by atoms with van der Waals surface area (Å²) in [6, 6.07) is 14.5. The summed E-state index contributed by atoms with van der Waals surface area (Å²) in [6.07, 6.45) is 1.78. The van der Waals surface area contributed by atoms with Crippen molar-refractivity contribution in [1.29, 1.82) is 0 Å². The van der Waals surface area contributed by atoms with Gasteiger partial charge in [0.25, 0.3) is 0 Å². The number of ether oxygens (including phenoxy) is 3. The minimum absolute atomic E-state index is 0.541. The topological polar surface area (TPSA) is 75.2 Å². The van der Waals surface area contributed by atoms with E-state index in [1.54, 1.807) is 13.3 Å². The van der Waals surface area contributed by atoms with E-state index < -0.39 is 0 Å². The van der Waals surface area contributed by atoms with E-state index >= 15 is 0 Å². The quantitative estimate of drug-likeness (QED) is 0.529. The summed E-state index contributed by atoms with van der Waals surface area (Å²) in [5.41, 5.74) is 5.38. The Morgan fingerprint density at radius 1 is 0.917 bits per heavy atom. The molecule has 2 saturated heterocycles. The molecule has 0 radical (unpaired) electrons. The Labute approximate surface area is 212 Å². The normalized spacial score (nSPS) is 16.1. The molecule has 0 atom stereocenters. The molecule has 0 aliphatic carbocycles. The van der Waals surface area contributed by atoms with Gasteiger partial charge in [0.2, 0.25) is 5.95 Å². The molecular weight excluding hydrogens is 456 g/mol. The molecule has 1 aromatic heterocycles. The molecule has 0 unspecified atom stereocenters. The maximum absolute atomic E-state index is 5.61. The van der Waals surface area contributed by atoms with Gasteiger partial charge in [-0.2, -0.15) is 4.98 Å². The lowest BCUT2D eigenvalue weighted by Gasteiger charge is -2.33. The molecular formula is C27H34N6O3. The van der Waals surface area contributed by atoms with Crippen molar-refractivity contribution in [3.63, 3.8) is 0 Å². The molecule has 0 saturated carbocycles. The Morgan fingerprint density at radius 2 is 1.56 bits per heavy atom. The lowest BCUT2D eigenvalue weighted by atomic mass is 10.1. The van der Waals surface area contributed by atoms with E-state index in [4.69, 9.17) is 19.2 Å². The largest absolute Gasteiger partial charge is 0.495 e. The monoisotopic (exact) mass is 490 g/mol. The van der Waals surface area contributed by atoms with Gasteiger partial charge in [-0.3, -0.25) is 0 Å². The van der Waals surface area contributed by atoms with Crippen molar-refractivity contribution in [2.45, 2.75) is 6.92 Å². The van der Waals surface area contributed by atoms with E-state index in [0.717, 1.165) is 81.1 Å². The van der Waals surface area contributed by atoms with Gasteiger partial charge in [-0.25, -0.2) is 4.98 Å². The molecule has 1 N–H and O–H groups in total. The minimum Gasteiger partial charge on any atom is -0.495 e. The minimum atomic E-state index is 0.541. The second-order valence-electron chi connectivity index (χ2n) is 8.99. The zero-order valence-electron chi connectivity index (χ0n) is 21.2. The molecule has 190 valence electrons. The first-order valence-corrected chi connectivity index (χ1v) is 12.4. The lowest BCUT2D eigenvalue weighted by Crippen LogP contribution is -2.38. The molecule has 5 rings (SSSR count). The predicted octanol–water partition coefficient (Wildman–Crippen LogP) is 3.98. The van der Waals surface area contributed by atoms with Crippen LogP contribution in [-0.2, 0) is 9.47 Å². The summed E-state index contributed by atoms with van der Waals surface area (Å²) in [6.45, 7) is 8.53. The molecule has 2 fully saturated rings. The van der Waals surface area contributed by atoms with Gasteiger partial charge < -0.3 is 34.2 Å². The van der Waals surface area contributed by atoms with Crippen LogP contribution in [0.1, 0.15) is 5.56 Å². The van der Waals surface area contributed by atoms with Crippen molar-refractivity contribution in [3.8, 4) is 5.75 Å². The Kier molecular flexibility index (Phi) is 7.39. The van der Waals surface area contributed by atoms with E-state index in [0.29, 0.717) is 5.95 Å². The Morgan fingerprint density at radius 3 is 2.17 bits per heavy atom. The molecule has 0 amide bonds. The average Bonchev–Trinajstić information content (AvgIpc) is 2.93. The summed E-state index contributed by atoms with van der Waals surface area (Å²) in [5, 5.41) is 3.46. The standard InChI is InChI=1S/C27H34N6O3/c1-20-5-4-6-24(34-3)26(20)31(2)25-7-8-28-27(30-25)29-21-17-22(32-9-13-35-14-10-32)19-23(18-21)33-11-15-36-16-12-33/h4-8,17-19H,9-16H2,1-3H3,(H,28,29,30). The van der Waals surface area contributed by atoms with Crippen LogP contribution in [0.15, 0.2) is 48.7 Å². The Bertz CT molecular complexity index is 1140. The Balaban J connectivity index is 1.44. The number of nitrogens with zero attached hydrogens (tertiary/aromatic N) is 5. The lowest BCUT2D eigenvalue weighted by molar-refractivity contribution is 0.122. The zero-order chi connectivity index (χ0) is 24.9. The van der Waals surface area contributed by atoms with Gasteiger partial charge in [-0.15, -0.1) is 0 Å². The molecule has 2 aliphatic heterocycles. The maximum Gasteiger partial charge on any atom is 0.229 e. The highest BCUT2D eigenvalue weighted by Crippen LogP contribution is 2.35. The van der Waals surface area contributed by atoms with Crippen LogP contribution in [0.3, 0.4) is 0 Å². The van der Waals surface area contributed by atoms with Crippen molar-refractivity contribution >= 4 is 34.5 Å². The second-order valence-corrected chi connectivity index (χ2v) is 8.99. The number of anilines is 6. The van der Waals surface area contributed by atoms with Gasteiger partial charge in [-0.05, 0) is 42.8 Å². The van der Waals surface area contributed by atoms with Gasteiger partial charge in [0.1, 0.15) is 11.6 Å². The first kappa shape index (κ1) is 24.1. The SMILES string of the molecule is COc1cccc(C)c1N(C)c1ccnc(Nc2cc(N3CCOCC3)cc(N3CCOCC3)c2)n1. The molecule has 0 bridgehead atoms. The number of methoxy groups -OCH3 is 1. The predicted molar refractivity (Wildman–Crippen MR) is 144 cm³/mol. The molecule has 2 aliphatic rings. The fourth-order valence-electron chi connectivity index (χ4n) is 4.74. The van der Waals surface area contributed by atoms with Crippen molar-refractivity contribution in [1.82, 2.24) is 9.97 Å². The van der Waals surface area contributed by atoms with Crippen LogP contribution in [0.2, 0.25) is 0 Å². The van der Waals surface area contributed by atoms with Gasteiger partial charge in [0.05, 0.1) is 39.2 Å². The summed E-state index contributed by atoms with van der Waals surface area (Å²) in [5.74, 6) is 2.12. The number of aryl methyl sites for hydroxylation is 1. The third-order valence-electron chi connectivity index (χ3n) is 6.65. The van der Waals surface area contributed by atoms with Crippen molar-refractivity contribution in [2.24, 2.45) is 0 Å². The number of hydrogen-bond acceptors (Lipinski definition) is 9. The summed E-state index contributed by atoms with van der Waals surface area (Å²) in [7, 11) is 3.68. The number of benzene rings is 2. The number of rotatable bonds is 7. The van der Waals surface area contributed by atoms with E-state index in [1.165, 1.54) is 11.4 Å². The Hall–Kier alpha value is -3.56. The molecule has 9 nitrogen and oxygen atoms in total. The summed E-state index contributed by atoms with van der Waals surface area (Å²) < 4.78 is 16.8. The number of para-hydroxylation sites is 1. The van der Waals surface area contributed by atoms with Gasteiger partial charge >= 0.3 is 0 Å². The van der Waals surface area contributed by atoms with Crippen LogP contribution >= 0.6 is 0 Å². The molecule has 0 spiro atoms. The zero-order valence-corrected chi connectivity index (χ0v) is 21.2. The third-order valence-corrected chi connectivity index (χ3v) is 6.65. The van der Waals surface area contributed by atoms with E-state index in [2.05, 4.69) is 51.3 Å². The highest BCUT2D eigenvalue weighted by molar-refractivity contribution is 5.73. The smallest absolute Gasteiger partial charge is 0.229 e. The van der Waals surface area contributed by atoms with Crippen molar-refractivity contribution in [2.75, 3.05) is 86.8 Å². The third kappa shape index (κ3) is 5.32. The van der Waals surface area contributed by atoms with Gasteiger partial charge in [0.15, 0.2) is 0 Å². The van der Waals surface area contributed by atoms with Crippen LogP contribution in [0.4, 0.5) is 34.5 Å². The van der Waals surface area contributed by atoms with Crippen LogP contribution < -0.4 is 24.8 Å². The molecule has 3 heterocycles. The summed E-state index contributed by atoms with van der Waals surface area (Å²) in [4.78, 5) is 16.1. The maximum atomic E-state index is 5.61. The number of hydrogen-bond donors (Lipinski definition) is 1. The van der Waals surface area contributed by atoms with Crippen LogP contribution in [0.25, 0.3) is 0 Å². The van der Waals surface area contributed by atoms with Crippen molar-refractivity contribution in [3.05, 3.63) is 54.2 Å². The first-order chi connectivity index (χ1) is 17.6. The summed E-state index contributed by atoms with van der Waals surface area (Å²) >= 11 is 0. The van der Waals surface area contributed by atoms with Crippen molar-refractivity contribution < 1.29 is 14.2 Å². The number of aromatic nitrogens is 2. The van der Waals surface area contributed by atoms with E-state index in [-0.39, 0.29) is 0 Å². The van der Waals surface area contributed by atoms with Crippen LogP contribution in [0.5, 0.6) is 5.75 Å². The van der Waals surface area contributed by atoms with E-state index in [9.17, 15) is 0 Å². The first-order valence-electron chi connectivity index (χ1n) is 12.4. The average molecular weight is 491 g/mol. The van der Waals surface area contributed by atoms with Gasteiger partial charge in [-0.1, -0.05) is 12.1 Å². The molecule has 2 aromatic carbocycles. The highest BCUT2D eigenvalue weighted by atomic mass is 16.5. The highest BCUT2D eigenvalue weighted by Gasteiger charge is 2.18. The number of morpholine rings is 2. The molecule has 9 heteroatoms. The number of nitrogens with one attached hydrogen (secondary N) is 1.